The van der Waals surface area contributed by atoms with Crippen LogP contribution in [0, 0.1) is 5.82 Å². The van der Waals surface area contributed by atoms with Crippen molar-refractivity contribution in [3.8, 4) is 0 Å². The minimum Gasteiger partial charge on any atom is -0.383 e. The monoisotopic (exact) mass is 272 g/mol. The number of anilines is 1. The zero-order chi connectivity index (χ0) is 14.0. The van der Waals surface area contributed by atoms with Crippen molar-refractivity contribution in [1.29, 1.82) is 0 Å². The molecule has 0 saturated carbocycles. The van der Waals surface area contributed by atoms with E-state index >= 15 is 0 Å². The molecular formula is C16H17FN2O. The van der Waals surface area contributed by atoms with Crippen LogP contribution in [0.5, 0.6) is 0 Å². The van der Waals surface area contributed by atoms with E-state index < -0.39 is 5.60 Å². The normalized spacial score (nSPS) is 21.3. The highest BCUT2D eigenvalue weighted by atomic mass is 19.1. The lowest BCUT2D eigenvalue weighted by molar-refractivity contribution is 0.0316. The summed E-state index contributed by atoms with van der Waals surface area (Å²) >= 11 is 0. The predicted octanol–water partition coefficient (Wildman–Crippen LogP) is 2.86. The van der Waals surface area contributed by atoms with Crippen molar-refractivity contribution in [2.24, 2.45) is 0 Å². The third kappa shape index (κ3) is 2.39. The molecule has 0 fully saturated rings. The third-order valence-corrected chi connectivity index (χ3v) is 3.88. The molecule has 0 radical (unpaired) electrons. The molecule has 3 rings (SSSR count). The molecule has 1 aromatic carbocycles. The molecule has 20 heavy (non-hydrogen) atoms. The summed E-state index contributed by atoms with van der Waals surface area (Å²) in [7, 11) is 0. The van der Waals surface area contributed by atoms with Crippen molar-refractivity contribution in [3.05, 3.63) is 59.7 Å². The van der Waals surface area contributed by atoms with Gasteiger partial charge in [-0.2, -0.15) is 0 Å². The standard InChI is InChI=1S/C16H17FN2O/c17-15-7-1-6-14-13(15)5-2-8-16(14,20)11-19-12-4-3-9-18-10-12/h1,3-4,6-7,9-10,19-20H,2,5,8,11H2. The average Bonchev–Trinajstić information content (AvgIpc) is 2.48. The molecule has 1 heterocycles. The van der Waals surface area contributed by atoms with Gasteiger partial charge >= 0.3 is 0 Å². The maximum absolute atomic E-state index is 13.8. The van der Waals surface area contributed by atoms with Gasteiger partial charge in [-0.1, -0.05) is 12.1 Å². The van der Waals surface area contributed by atoms with Gasteiger partial charge in [-0.15, -0.1) is 0 Å². The van der Waals surface area contributed by atoms with Crippen LogP contribution >= 0.6 is 0 Å². The lowest BCUT2D eigenvalue weighted by atomic mass is 9.79. The van der Waals surface area contributed by atoms with Gasteiger partial charge in [0.15, 0.2) is 0 Å². The molecule has 0 spiro atoms. The van der Waals surface area contributed by atoms with Gasteiger partial charge in [0, 0.05) is 18.9 Å². The molecule has 4 heteroatoms. The fourth-order valence-electron chi connectivity index (χ4n) is 2.84. The second-order valence-electron chi connectivity index (χ2n) is 5.25. The van der Waals surface area contributed by atoms with Gasteiger partial charge in [-0.25, -0.2) is 4.39 Å². The largest absolute Gasteiger partial charge is 0.383 e. The Hall–Kier alpha value is -1.94. The number of aromatic nitrogens is 1. The minimum absolute atomic E-state index is 0.220. The van der Waals surface area contributed by atoms with E-state index in [1.165, 1.54) is 6.07 Å². The third-order valence-electron chi connectivity index (χ3n) is 3.88. The van der Waals surface area contributed by atoms with Crippen LogP contribution in [0.1, 0.15) is 24.0 Å². The van der Waals surface area contributed by atoms with Crippen molar-refractivity contribution >= 4 is 5.69 Å². The van der Waals surface area contributed by atoms with Crippen molar-refractivity contribution < 1.29 is 9.50 Å². The number of rotatable bonds is 3. The Morgan fingerprint density at radius 2 is 2.20 bits per heavy atom. The fraction of sp³-hybridized carbons (Fsp3) is 0.312. The Balaban J connectivity index is 1.85. The molecule has 0 aliphatic heterocycles. The summed E-state index contributed by atoms with van der Waals surface area (Å²) in [5, 5.41) is 14.0. The Bertz CT molecular complexity index is 603. The van der Waals surface area contributed by atoms with Crippen LogP contribution in [0.3, 0.4) is 0 Å². The zero-order valence-corrected chi connectivity index (χ0v) is 11.1. The van der Waals surface area contributed by atoms with E-state index in [0.717, 1.165) is 12.1 Å². The first-order valence-electron chi connectivity index (χ1n) is 6.83. The molecular weight excluding hydrogens is 255 g/mol. The smallest absolute Gasteiger partial charge is 0.126 e. The lowest BCUT2D eigenvalue weighted by Crippen LogP contribution is -2.38. The summed E-state index contributed by atoms with van der Waals surface area (Å²) in [6, 6.07) is 8.67. The molecule has 1 atom stereocenters. The van der Waals surface area contributed by atoms with E-state index in [1.807, 2.05) is 18.2 Å². The number of benzene rings is 1. The molecule has 1 aliphatic carbocycles. The molecule has 1 unspecified atom stereocenters. The number of aliphatic hydroxyl groups is 1. The summed E-state index contributed by atoms with van der Waals surface area (Å²) in [4.78, 5) is 4.03. The lowest BCUT2D eigenvalue weighted by Gasteiger charge is -2.35. The maximum atomic E-state index is 13.8. The van der Waals surface area contributed by atoms with Crippen molar-refractivity contribution in [2.75, 3.05) is 11.9 Å². The van der Waals surface area contributed by atoms with Gasteiger partial charge in [0.05, 0.1) is 5.69 Å². The van der Waals surface area contributed by atoms with Gasteiger partial charge in [-0.05, 0) is 48.6 Å². The highest BCUT2D eigenvalue weighted by Gasteiger charge is 2.35. The topological polar surface area (TPSA) is 45.1 Å². The molecule has 3 nitrogen and oxygen atoms in total. The molecule has 2 aromatic rings. The van der Waals surface area contributed by atoms with Crippen LogP contribution in [-0.2, 0) is 12.0 Å². The first-order chi connectivity index (χ1) is 9.69. The number of nitrogens with one attached hydrogen (secondary N) is 1. The first-order valence-corrected chi connectivity index (χ1v) is 6.83. The highest BCUT2D eigenvalue weighted by molar-refractivity contribution is 5.42. The summed E-state index contributed by atoms with van der Waals surface area (Å²) in [5.41, 5.74) is 1.18. The second-order valence-corrected chi connectivity index (χ2v) is 5.25. The van der Waals surface area contributed by atoms with Gasteiger partial charge < -0.3 is 10.4 Å². The van der Waals surface area contributed by atoms with Gasteiger partial charge in [0.2, 0.25) is 0 Å². The van der Waals surface area contributed by atoms with Crippen LogP contribution in [0.25, 0.3) is 0 Å². The van der Waals surface area contributed by atoms with E-state index in [2.05, 4.69) is 10.3 Å². The van der Waals surface area contributed by atoms with Crippen LogP contribution in [0.2, 0.25) is 0 Å². The van der Waals surface area contributed by atoms with E-state index in [4.69, 9.17) is 0 Å². The molecule has 2 N–H and O–H groups in total. The Morgan fingerprint density at radius 3 is 3.00 bits per heavy atom. The molecule has 1 aliphatic rings. The van der Waals surface area contributed by atoms with Crippen molar-refractivity contribution in [1.82, 2.24) is 4.98 Å². The van der Waals surface area contributed by atoms with Crippen molar-refractivity contribution in [2.45, 2.75) is 24.9 Å². The zero-order valence-electron chi connectivity index (χ0n) is 11.1. The number of nitrogens with zero attached hydrogens (tertiary/aromatic N) is 1. The van der Waals surface area contributed by atoms with Crippen LogP contribution in [0.4, 0.5) is 10.1 Å². The van der Waals surface area contributed by atoms with Crippen molar-refractivity contribution in [3.63, 3.8) is 0 Å². The number of fused-ring (bicyclic) bond motifs is 1. The Kier molecular flexibility index (Phi) is 3.40. The van der Waals surface area contributed by atoms with E-state index in [9.17, 15) is 9.50 Å². The summed E-state index contributed by atoms with van der Waals surface area (Å²) in [5.74, 6) is -0.220. The number of hydrogen-bond donors (Lipinski definition) is 2. The number of halogens is 1. The van der Waals surface area contributed by atoms with Crippen LogP contribution in [0.15, 0.2) is 42.7 Å². The molecule has 0 amide bonds. The molecule has 104 valence electrons. The quantitative estimate of drug-likeness (QED) is 0.903. The Labute approximate surface area is 117 Å². The predicted molar refractivity (Wildman–Crippen MR) is 76.0 cm³/mol. The number of hydrogen-bond acceptors (Lipinski definition) is 3. The summed E-state index contributed by atoms with van der Waals surface area (Å²) in [6.07, 6.45) is 5.52. The second kappa shape index (κ2) is 5.21. The molecule has 1 aromatic heterocycles. The highest BCUT2D eigenvalue weighted by Crippen LogP contribution is 2.36. The summed E-state index contributed by atoms with van der Waals surface area (Å²) < 4.78 is 13.8. The van der Waals surface area contributed by atoms with E-state index in [-0.39, 0.29) is 5.82 Å². The van der Waals surface area contributed by atoms with Crippen LogP contribution in [-0.4, -0.2) is 16.6 Å². The first kappa shape index (κ1) is 13.1. The summed E-state index contributed by atoms with van der Waals surface area (Å²) in [6.45, 7) is 0.356. The van der Waals surface area contributed by atoms with Crippen LogP contribution < -0.4 is 5.32 Å². The maximum Gasteiger partial charge on any atom is 0.126 e. The fourth-order valence-corrected chi connectivity index (χ4v) is 2.84. The van der Waals surface area contributed by atoms with Gasteiger partial charge in [0.1, 0.15) is 11.4 Å². The average molecular weight is 272 g/mol. The van der Waals surface area contributed by atoms with Gasteiger partial charge in [0.25, 0.3) is 0 Å². The van der Waals surface area contributed by atoms with E-state index in [1.54, 1.807) is 18.5 Å². The molecule has 0 bridgehead atoms. The van der Waals surface area contributed by atoms with E-state index in [0.29, 0.717) is 30.5 Å². The minimum atomic E-state index is -1.02. The number of pyridine rings is 1. The van der Waals surface area contributed by atoms with Gasteiger partial charge in [-0.3, -0.25) is 4.98 Å². The SMILES string of the molecule is OC1(CNc2cccnc2)CCCc2c(F)cccc21. The Morgan fingerprint density at radius 1 is 1.30 bits per heavy atom. The molecule has 0 saturated heterocycles.